The number of aliphatic hydroxyl groups is 2. The quantitative estimate of drug-likeness (QED) is 0.433. The number of hydrogen-bond acceptors (Lipinski definition) is 3. The first-order chi connectivity index (χ1) is 13.0. The van der Waals surface area contributed by atoms with Crippen molar-refractivity contribution in [3.05, 3.63) is 54.1 Å². The molecule has 0 amide bonds. The average molecular weight is 393 g/mol. The molecular formula is C23H33ClO3. The van der Waals surface area contributed by atoms with Crippen molar-refractivity contribution in [3.63, 3.8) is 0 Å². The third kappa shape index (κ3) is 7.33. The molecule has 1 aliphatic carbocycles. The summed E-state index contributed by atoms with van der Waals surface area (Å²) in [5.74, 6) is 0.973. The molecule has 3 nitrogen and oxygen atoms in total. The molecule has 0 spiro atoms. The van der Waals surface area contributed by atoms with Crippen LogP contribution in [0, 0.1) is 18.8 Å². The number of rotatable bonds is 10. The Morgan fingerprint density at radius 3 is 2.81 bits per heavy atom. The lowest BCUT2D eigenvalue weighted by Crippen LogP contribution is -2.20. The van der Waals surface area contributed by atoms with Crippen LogP contribution in [-0.4, -0.2) is 34.4 Å². The molecule has 0 unspecified atom stereocenters. The van der Waals surface area contributed by atoms with Gasteiger partial charge in [-0.1, -0.05) is 49.8 Å². The summed E-state index contributed by atoms with van der Waals surface area (Å²) in [7, 11) is 0. The van der Waals surface area contributed by atoms with E-state index in [2.05, 4.69) is 19.1 Å². The highest BCUT2D eigenvalue weighted by Gasteiger charge is 2.39. The summed E-state index contributed by atoms with van der Waals surface area (Å²) in [5, 5.41) is 20.5. The Balaban J connectivity index is 1.85. The first-order valence-corrected chi connectivity index (χ1v) is 10.5. The van der Waals surface area contributed by atoms with E-state index in [-0.39, 0.29) is 29.9 Å². The van der Waals surface area contributed by atoms with Crippen molar-refractivity contribution in [2.24, 2.45) is 11.8 Å². The minimum atomic E-state index is -0.697. The highest BCUT2D eigenvalue weighted by molar-refractivity contribution is 6.21. The molecule has 0 radical (unpaired) electrons. The van der Waals surface area contributed by atoms with Crippen molar-refractivity contribution >= 4 is 11.6 Å². The molecule has 0 bridgehead atoms. The minimum absolute atomic E-state index is 0.0786. The normalized spacial score (nSPS) is 26.9. The Morgan fingerprint density at radius 1 is 1.30 bits per heavy atom. The molecule has 4 heteroatoms. The van der Waals surface area contributed by atoms with E-state index in [9.17, 15) is 10.2 Å². The van der Waals surface area contributed by atoms with Crippen LogP contribution in [0.2, 0.25) is 0 Å². The van der Waals surface area contributed by atoms with Gasteiger partial charge in [0.2, 0.25) is 0 Å². The standard InChI is InChI=1S/C23H33ClO3/c1-3-4-5-6-7-11-21-20(22(24)15-23(21)26)13-12-18(25)16-27-19-10-8-9-17(2)14-19/h5-6,8-10,12-14,18,20-23,25-26H,3-4,7,11,15-16H2,1-2H3/b6-5-,13-12+/t18-,20-,21-,22+,23+/m1/s1. The fourth-order valence-electron chi connectivity index (χ4n) is 3.63. The van der Waals surface area contributed by atoms with Gasteiger partial charge < -0.3 is 14.9 Å². The number of benzene rings is 1. The first-order valence-electron chi connectivity index (χ1n) is 10.0. The fraction of sp³-hybridized carbons (Fsp3) is 0.565. The Bertz CT molecular complexity index is 613. The van der Waals surface area contributed by atoms with Gasteiger partial charge in [0.15, 0.2) is 0 Å². The number of halogens is 1. The second kappa shape index (κ2) is 11.5. The monoisotopic (exact) mass is 392 g/mol. The minimum Gasteiger partial charge on any atom is -0.491 e. The van der Waals surface area contributed by atoms with E-state index in [4.69, 9.17) is 16.3 Å². The van der Waals surface area contributed by atoms with Gasteiger partial charge in [-0.05, 0) is 62.1 Å². The molecule has 5 atom stereocenters. The maximum atomic E-state index is 10.3. The van der Waals surface area contributed by atoms with Crippen LogP contribution in [0.15, 0.2) is 48.6 Å². The van der Waals surface area contributed by atoms with Gasteiger partial charge in [-0.3, -0.25) is 0 Å². The van der Waals surface area contributed by atoms with E-state index in [1.165, 1.54) is 0 Å². The van der Waals surface area contributed by atoms with E-state index in [1.54, 1.807) is 6.08 Å². The van der Waals surface area contributed by atoms with Crippen LogP contribution in [0.1, 0.15) is 44.6 Å². The Hall–Kier alpha value is -1.29. The van der Waals surface area contributed by atoms with E-state index in [0.29, 0.717) is 6.42 Å². The molecule has 0 aliphatic heterocycles. The molecule has 2 N–H and O–H groups in total. The smallest absolute Gasteiger partial charge is 0.119 e. The molecule has 1 aliphatic rings. The summed E-state index contributed by atoms with van der Waals surface area (Å²) < 4.78 is 5.65. The van der Waals surface area contributed by atoms with Gasteiger partial charge in [-0.25, -0.2) is 0 Å². The zero-order chi connectivity index (χ0) is 19.6. The molecule has 0 saturated heterocycles. The van der Waals surface area contributed by atoms with Crippen LogP contribution < -0.4 is 4.74 Å². The van der Waals surface area contributed by atoms with E-state index in [0.717, 1.165) is 37.0 Å². The molecule has 27 heavy (non-hydrogen) atoms. The van der Waals surface area contributed by atoms with E-state index >= 15 is 0 Å². The van der Waals surface area contributed by atoms with E-state index < -0.39 is 6.10 Å². The number of ether oxygens (including phenoxy) is 1. The zero-order valence-corrected chi connectivity index (χ0v) is 17.2. The van der Waals surface area contributed by atoms with Crippen LogP contribution in [0.4, 0.5) is 0 Å². The van der Waals surface area contributed by atoms with Gasteiger partial charge in [0.1, 0.15) is 18.5 Å². The molecule has 1 aromatic rings. The lowest BCUT2D eigenvalue weighted by Gasteiger charge is -2.20. The van der Waals surface area contributed by atoms with Crippen molar-refractivity contribution in [3.8, 4) is 5.75 Å². The predicted molar refractivity (Wildman–Crippen MR) is 112 cm³/mol. The summed E-state index contributed by atoms with van der Waals surface area (Å²) >= 11 is 6.46. The lowest BCUT2D eigenvalue weighted by molar-refractivity contribution is 0.118. The van der Waals surface area contributed by atoms with Crippen LogP contribution in [0.5, 0.6) is 5.75 Å². The summed E-state index contributed by atoms with van der Waals surface area (Å²) in [5.41, 5.74) is 1.12. The van der Waals surface area contributed by atoms with Crippen molar-refractivity contribution in [2.75, 3.05) is 6.61 Å². The van der Waals surface area contributed by atoms with Gasteiger partial charge in [0.05, 0.1) is 6.10 Å². The Kier molecular flexibility index (Phi) is 9.40. The summed E-state index contributed by atoms with van der Waals surface area (Å²) in [6, 6.07) is 7.77. The molecule has 150 valence electrons. The highest BCUT2D eigenvalue weighted by atomic mass is 35.5. The topological polar surface area (TPSA) is 49.7 Å². The number of aliphatic hydroxyl groups excluding tert-OH is 2. The lowest BCUT2D eigenvalue weighted by atomic mass is 9.89. The van der Waals surface area contributed by atoms with Gasteiger partial charge >= 0.3 is 0 Å². The maximum absolute atomic E-state index is 10.3. The molecular weight excluding hydrogens is 360 g/mol. The second-order valence-corrected chi connectivity index (χ2v) is 8.04. The fourth-order valence-corrected chi connectivity index (χ4v) is 4.08. The predicted octanol–water partition coefficient (Wildman–Crippen LogP) is 5.03. The van der Waals surface area contributed by atoms with Crippen LogP contribution >= 0.6 is 11.6 Å². The summed E-state index contributed by atoms with van der Waals surface area (Å²) in [6.45, 7) is 4.37. The van der Waals surface area contributed by atoms with Gasteiger partial charge in [-0.2, -0.15) is 0 Å². The second-order valence-electron chi connectivity index (χ2n) is 7.48. The number of allylic oxidation sites excluding steroid dienone is 3. The van der Waals surface area contributed by atoms with Gasteiger partial charge in [0.25, 0.3) is 0 Å². The van der Waals surface area contributed by atoms with Crippen LogP contribution in [0.3, 0.4) is 0 Å². The molecule has 0 aromatic heterocycles. The summed E-state index contributed by atoms with van der Waals surface area (Å²) in [4.78, 5) is 0. The van der Waals surface area contributed by atoms with Crippen molar-refractivity contribution in [1.29, 1.82) is 0 Å². The highest BCUT2D eigenvalue weighted by Crippen LogP contribution is 2.39. The average Bonchev–Trinajstić information content (AvgIpc) is 2.91. The first kappa shape index (κ1) is 22.0. The van der Waals surface area contributed by atoms with Crippen LogP contribution in [0.25, 0.3) is 0 Å². The molecule has 2 rings (SSSR count). The Morgan fingerprint density at radius 2 is 2.07 bits per heavy atom. The molecule has 1 fully saturated rings. The zero-order valence-electron chi connectivity index (χ0n) is 16.4. The Labute approximate surface area is 168 Å². The SMILES string of the molecule is CCC/C=C\CC[C@@H]1[C@@H](/C=C/[C@@H](O)COc2cccc(C)c2)[C@@H](Cl)C[C@@H]1O. The molecule has 1 saturated carbocycles. The van der Waals surface area contributed by atoms with Crippen LogP contribution in [-0.2, 0) is 0 Å². The molecule has 1 aromatic carbocycles. The third-order valence-electron chi connectivity index (χ3n) is 5.13. The van der Waals surface area contributed by atoms with Gasteiger partial charge in [-0.15, -0.1) is 11.6 Å². The van der Waals surface area contributed by atoms with Crippen molar-refractivity contribution < 1.29 is 14.9 Å². The summed E-state index contributed by atoms with van der Waals surface area (Å²) in [6.07, 6.45) is 11.8. The number of unbranched alkanes of at least 4 members (excludes halogenated alkanes) is 1. The number of aryl methyl sites for hydroxylation is 1. The largest absolute Gasteiger partial charge is 0.491 e. The van der Waals surface area contributed by atoms with Gasteiger partial charge in [0, 0.05) is 5.38 Å². The third-order valence-corrected chi connectivity index (χ3v) is 5.60. The van der Waals surface area contributed by atoms with Crippen molar-refractivity contribution in [1.82, 2.24) is 0 Å². The van der Waals surface area contributed by atoms with Crippen molar-refractivity contribution in [2.45, 2.75) is 63.5 Å². The number of alkyl halides is 1. The molecule has 0 heterocycles. The maximum Gasteiger partial charge on any atom is 0.119 e. The van der Waals surface area contributed by atoms with E-state index in [1.807, 2.05) is 37.3 Å². The number of hydrogen-bond donors (Lipinski definition) is 2.